The van der Waals surface area contributed by atoms with Gasteiger partial charge in [-0.05, 0) is 56.7 Å². The molecule has 8 heteroatoms. The van der Waals surface area contributed by atoms with Crippen LogP contribution in [0.5, 0.6) is 0 Å². The molecule has 3 heterocycles. The molecule has 1 aliphatic rings. The molecular formula is C27H28N4O3S. The first kappa shape index (κ1) is 23.2. The molecule has 0 saturated carbocycles. The number of aryl methyl sites for hydroxylation is 3. The summed E-state index contributed by atoms with van der Waals surface area (Å²) in [6.07, 6.45) is 6.54. The van der Waals surface area contributed by atoms with Gasteiger partial charge in [-0.3, -0.25) is 9.48 Å². The molecule has 0 fully saturated rings. The van der Waals surface area contributed by atoms with E-state index in [1.165, 1.54) is 16.2 Å². The Hall–Kier alpha value is -3.52. The van der Waals surface area contributed by atoms with Crippen LogP contribution in [-0.2, 0) is 24.6 Å². The van der Waals surface area contributed by atoms with Gasteiger partial charge in [0.25, 0.3) is 5.91 Å². The minimum atomic E-state index is -0.354. The summed E-state index contributed by atoms with van der Waals surface area (Å²) in [5.41, 5.74) is 5.19. The molecule has 0 atom stereocenters. The molecular weight excluding hydrogens is 460 g/mol. The first-order valence-corrected chi connectivity index (χ1v) is 12.8. The number of nitrogens with zero attached hydrogens (tertiary/aromatic N) is 3. The van der Waals surface area contributed by atoms with E-state index < -0.39 is 0 Å². The van der Waals surface area contributed by atoms with Crippen molar-refractivity contribution in [2.75, 3.05) is 11.9 Å². The Labute approximate surface area is 208 Å². The second-order valence-electron chi connectivity index (χ2n) is 8.88. The third-order valence-corrected chi connectivity index (χ3v) is 7.50. The number of hydrogen-bond donors (Lipinski definition) is 1. The lowest BCUT2D eigenvalue weighted by Crippen LogP contribution is -2.16. The maximum absolute atomic E-state index is 13.7. The summed E-state index contributed by atoms with van der Waals surface area (Å²) in [4.78, 5) is 32.6. The number of pyridine rings is 1. The number of hydrogen-bond acceptors (Lipinski definition) is 6. The predicted molar refractivity (Wildman–Crippen MR) is 138 cm³/mol. The van der Waals surface area contributed by atoms with Crippen molar-refractivity contribution in [2.24, 2.45) is 7.05 Å². The SMILES string of the molecule is CCCOC(=O)c1c(NC(=O)c2cc(-c3cn(C)nc3C)nc3ccccc23)sc2c1CCCC2. The van der Waals surface area contributed by atoms with Gasteiger partial charge < -0.3 is 10.1 Å². The number of carbonyl (C=O) groups excluding carboxylic acids is 2. The third-order valence-electron chi connectivity index (χ3n) is 6.29. The quantitative estimate of drug-likeness (QED) is 0.352. The highest BCUT2D eigenvalue weighted by Crippen LogP contribution is 2.39. The molecule has 1 aliphatic carbocycles. The van der Waals surface area contributed by atoms with E-state index in [0.29, 0.717) is 28.4 Å². The lowest BCUT2D eigenvalue weighted by molar-refractivity contribution is 0.0505. The predicted octanol–water partition coefficient (Wildman–Crippen LogP) is 5.70. The summed E-state index contributed by atoms with van der Waals surface area (Å²) in [6, 6.07) is 9.41. The van der Waals surface area contributed by atoms with E-state index in [4.69, 9.17) is 9.72 Å². The van der Waals surface area contributed by atoms with Crippen LogP contribution in [0.1, 0.15) is 63.0 Å². The van der Waals surface area contributed by atoms with E-state index >= 15 is 0 Å². The number of anilines is 1. The Morgan fingerprint density at radius 3 is 2.77 bits per heavy atom. The van der Waals surface area contributed by atoms with E-state index in [9.17, 15) is 9.59 Å². The third kappa shape index (κ3) is 4.46. The minimum absolute atomic E-state index is 0.269. The normalized spacial score (nSPS) is 13.0. The molecule has 0 spiro atoms. The fraction of sp³-hybridized carbons (Fsp3) is 0.333. The average Bonchev–Trinajstić information content (AvgIpc) is 3.40. The van der Waals surface area contributed by atoms with Gasteiger partial charge in [-0.2, -0.15) is 5.10 Å². The molecule has 1 amide bonds. The highest BCUT2D eigenvalue weighted by Gasteiger charge is 2.28. The van der Waals surface area contributed by atoms with Crippen LogP contribution < -0.4 is 5.32 Å². The van der Waals surface area contributed by atoms with E-state index in [0.717, 1.165) is 59.8 Å². The highest BCUT2D eigenvalue weighted by atomic mass is 32.1. The molecule has 1 aromatic carbocycles. The summed E-state index contributed by atoms with van der Waals surface area (Å²) in [7, 11) is 1.86. The summed E-state index contributed by atoms with van der Waals surface area (Å²) in [5, 5.41) is 8.82. The molecule has 7 nitrogen and oxygen atoms in total. The summed E-state index contributed by atoms with van der Waals surface area (Å²) < 4.78 is 7.23. The van der Waals surface area contributed by atoms with Crippen LogP contribution in [0, 0.1) is 6.92 Å². The minimum Gasteiger partial charge on any atom is -0.462 e. The zero-order chi connectivity index (χ0) is 24.5. The number of aromatic nitrogens is 3. The molecule has 5 rings (SSSR count). The monoisotopic (exact) mass is 488 g/mol. The van der Waals surface area contributed by atoms with Crippen LogP contribution in [0.3, 0.4) is 0 Å². The molecule has 0 aliphatic heterocycles. The van der Waals surface area contributed by atoms with Crippen molar-refractivity contribution in [1.82, 2.24) is 14.8 Å². The number of rotatable bonds is 6. The number of carbonyl (C=O) groups is 2. The van der Waals surface area contributed by atoms with Gasteiger partial charge in [0, 0.05) is 29.1 Å². The van der Waals surface area contributed by atoms with Crippen LogP contribution in [0.4, 0.5) is 5.00 Å². The Morgan fingerprint density at radius 1 is 1.20 bits per heavy atom. The smallest absolute Gasteiger partial charge is 0.341 e. The Morgan fingerprint density at radius 2 is 2.00 bits per heavy atom. The number of benzene rings is 1. The van der Waals surface area contributed by atoms with Gasteiger partial charge in [0.1, 0.15) is 5.00 Å². The number of fused-ring (bicyclic) bond motifs is 2. The van der Waals surface area contributed by atoms with E-state index in [-0.39, 0.29) is 11.9 Å². The first-order valence-electron chi connectivity index (χ1n) is 12.0. The Kier molecular flexibility index (Phi) is 6.38. The molecule has 1 N–H and O–H groups in total. The number of para-hydroxylation sites is 1. The standard InChI is InChI=1S/C27H28N4O3S/c1-4-13-34-27(33)24-18-10-6-8-12-23(18)35-26(24)29-25(32)19-14-22(20-15-31(3)30-16(20)2)28-21-11-7-5-9-17(19)21/h5,7,9,11,14-15H,4,6,8,10,12-13H2,1-3H3,(H,29,32). The second-order valence-corrected chi connectivity index (χ2v) is 9.98. The lowest BCUT2D eigenvalue weighted by atomic mass is 9.95. The van der Waals surface area contributed by atoms with Crippen molar-refractivity contribution in [3.8, 4) is 11.3 Å². The van der Waals surface area contributed by atoms with Crippen molar-refractivity contribution < 1.29 is 14.3 Å². The van der Waals surface area contributed by atoms with Gasteiger partial charge >= 0.3 is 5.97 Å². The topological polar surface area (TPSA) is 86.1 Å². The van der Waals surface area contributed by atoms with Gasteiger partial charge in [0.15, 0.2) is 0 Å². The largest absolute Gasteiger partial charge is 0.462 e. The van der Waals surface area contributed by atoms with Crippen molar-refractivity contribution in [1.29, 1.82) is 0 Å². The van der Waals surface area contributed by atoms with Crippen molar-refractivity contribution in [3.63, 3.8) is 0 Å². The van der Waals surface area contributed by atoms with Crippen LogP contribution in [0.25, 0.3) is 22.2 Å². The van der Waals surface area contributed by atoms with E-state index in [2.05, 4.69) is 10.4 Å². The van der Waals surface area contributed by atoms with E-state index in [1.807, 2.05) is 57.4 Å². The molecule has 0 saturated heterocycles. The second kappa shape index (κ2) is 9.62. The Bertz CT molecular complexity index is 1440. The van der Waals surface area contributed by atoms with Gasteiger partial charge in [-0.1, -0.05) is 25.1 Å². The number of nitrogens with one attached hydrogen (secondary N) is 1. The van der Waals surface area contributed by atoms with Crippen molar-refractivity contribution in [3.05, 3.63) is 63.8 Å². The number of ether oxygens (including phenoxy) is 1. The zero-order valence-corrected chi connectivity index (χ0v) is 21.0. The molecule has 0 unspecified atom stereocenters. The fourth-order valence-corrected chi connectivity index (χ4v) is 5.93. The van der Waals surface area contributed by atoms with E-state index in [1.54, 1.807) is 4.68 Å². The molecule has 3 aromatic heterocycles. The maximum Gasteiger partial charge on any atom is 0.341 e. The van der Waals surface area contributed by atoms with Crippen LogP contribution in [0.2, 0.25) is 0 Å². The highest BCUT2D eigenvalue weighted by molar-refractivity contribution is 7.17. The number of esters is 1. The van der Waals surface area contributed by atoms with Gasteiger partial charge in [0.2, 0.25) is 0 Å². The summed E-state index contributed by atoms with van der Waals surface area (Å²) in [6.45, 7) is 4.26. The zero-order valence-electron chi connectivity index (χ0n) is 20.2. The Balaban J connectivity index is 1.57. The summed E-state index contributed by atoms with van der Waals surface area (Å²) >= 11 is 1.50. The maximum atomic E-state index is 13.7. The molecule has 0 bridgehead atoms. The lowest BCUT2D eigenvalue weighted by Gasteiger charge is -2.13. The number of thiophene rings is 1. The molecule has 4 aromatic rings. The molecule has 35 heavy (non-hydrogen) atoms. The van der Waals surface area contributed by atoms with Crippen LogP contribution in [-0.4, -0.2) is 33.2 Å². The first-order chi connectivity index (χ1) is 17.0. The van der Waals surface area contributed by atoms with Gasteiger partial charge in [-0.25, -0.2) is 9.78 Å². The van der Waals surface area contributed by atoms with Crippen molar-refractivity contribution in [2.45, 2.75) is 46.0 Å². The van der Waals surface area contributed by atoms with Crippen molar-refractivity contribution >= 4 is 39.1 Å². The average molecular weight is 489 g/mol. The van der Waals surface area contributed by atoms with Gasteiger partial charge in [-0.15, -0.1) is 11.3 Å². The number of amides is 1. The summed E-state index contributed by atoms with van der Waals surface area (Å²) in [5.74, 6) is -0.623. The fourth-order valence-electron chi connectivity index (χ4n) is 4.66. The van der Waals surface area contributed by atoms with Crippen LogP contribution in [0.15, 0.2) is 36.5 Å². The van der Waals surface area contributed by atoms with Crippen LogP contribution >= 0.6 is 11.3 Å². The van der Waals surface area contributed by atoms with Gasteiger partial charge in [0.05, 0.1) is 34.6 Å². The molecule has 0 radical (unpaired) electrons. The molecule has 180 valence electrons.